The monoisotopic (exact) mass is 703 g/mol. The second kappa shape index (κ2) is 19.4. The Morgan fingerprint density at radius 3 is 2.16 bits per heavy atom. The first-order chi connectivity index (χ1) is 23.7. The van der Waals surface area contributed by atoms with E-state index in [2.05, 4.69) is 21.3 Å². The van der Waals surface area contributed by atoms with Crippen LogP contribution >= 0.6 is 0 Å². The van der Waals surface area contributed by atoms with Crippen LogP contribution in [0.5, 0.6) is 0 Å². The van der Waals surface area contributed by atoms with Gasteiger partial charge >= 0.3 is 6.03 Å². The summed E-state index contributed by atoms with van der Waals surface area (Å²) in [5.41, 5.74) is -0.346. The first-order valence-corrected chi connectivity index (χ1v) is 19.5. The highest BCUT2D eigenvalue weighted by atomic mass is 16.2. The summed E-state index contributed by atoms with van der Waals surface area (Å²) in [5, 5.41) is 11.6. The summed E-state index contributed by atoms with van der Waals surface area (Å²) in [7, 11) is 0. The van der Waals surface area contributed by atoms with Gasteiger partial charge in [-0.3, -0.25) is 24.0 Å². The highest BCUT2D eigenvalue weighted by Crippen LogP contribution is 2.34. The first kappa shape index (κ1) is 41.2. The van der Waals surface area contributed by atoms with Crippen LogP contribution in [0.15, 0.2) is 0 Å². The minimum absolute atomic E-state index is 0.0793. The van der Waals surface area contributed by atoms with Crippen LogP contribution in [0.3, 0.4) is 0 Å². The molecule has 3 rings (SSSR count). The van der Waals surface area contributed by atoms with E-state index in [1.807, 2.05) is 46.4 Å². The van der Waals surface area contributed by atoms with E-state index in [0.29, 0.717) is 51.9 Å². The van der Waals surface area contributed by atoms with Crippen LogP contribution in [0.25, 0.3) is 0 Å². The van der Waals surface area contributed by atoms with Gasteiger partial charge < -0.3 is 31.1 Å². The van der Waals surface area contributed by atoms with E-state index in [1.54, 1.807) is 11.8 Å². The number of urea groups is 1. The number of likely N-dealkylation sites (N-methyl/N-ethyl adjacent to an activating group) is 1. The van der Waals surface area contributed by atoms with Gasteiger partial charge in [-0.25, -0.2) is 4.79 Å². The van der Waals surface area contributed by atoms with E-state index in [1.165, 1.54) is 0 Å². The van der Waals surface area contributed by atoms with Crippen molar-refractivity contribution in [2.24, 2.45) is 23.2 Å². The van der Waals surface area contributed by atoms with Gasteiger partial charge in [-0.15, -0.1) is 0 Å². The van der Waals surface area contributed by atoms with Crippen molar-refractivity contribution < 1.29 is 28.8 Å². The summed E-state index contributed by atoms with van der Waals surface area (Å²) in [4.78, 5) is 84.4. The molecule has 12 nitrogen and oxygen atoms in total. The number of carbonyl (C=O) groups is 6. The molecule has 4 N–H and O–H groups in total. The highest BCUT2D eigenvalue weighted by Gasteiger charge is 2.47. The molecule has 12 heteroatoms. The second-order valence-corrected chi connectivity index (χ2v) is 16.2. The van der Waals surface area contributed by atoms with Gasteiger partial charge in [0.05, 0.1) is 12.1 Å². The van der Waals surface area contributed by atoms with Crippen LogP contribution in [0.4, 0.5) is 4.79 Å². The Morgan fingerprint density at radius 1 is 0.860 bits per heavy atom. The lowest BCUT2D eigenvalue weighted by Crippen LogP contribution is -2.61. The molecule has 0 radical (unpaired) electrons. The Kier molecular flexibility index (Phi) is 16.0. The van der Waals surface area contributed by atoms with Gasteiger partial charge in [0, 0.05) is 32.6 Å². The van der Waals surface area contributed by atoms with E-state index in [9.17, 15) is 28.8 Å². The number of piperidine rings is 1. The van der Waals surface area contributed by atoms with Crippen molar-refractivity contribution in [3.8, 4) is 0 Å². The molecule has 3 fully saturated rings. The molecule has 0 bridgehead atoms. The molecule has 2 aliphatic heterocycles. The summed E-state index contributed by atoms with van der Waals surface area (Å²) >= 11 is 0. The third kappa shape index (κ3) is 11.4. The Bertz CT molecular complexity index is 1180. The normalized spacial score (nSPS) is 22.1. The summed E-state index contributed by atoms with van der Waals surface area (Å²) in [5.74, 6) is -2.17. The third-order valence-electron chi connectivity index (χ3n) is 11.0. The predicted molar refractivity (Wildman–Crippen MR) is 194 cm³/mol. The van der Waals surface area contributed by atoms with E-state index in [-0.39, 0.29) is 41.0 Å². The molecule has 5 atom stereocenters. The van der Waals surface area contributed by atoms with E-state index < -0.39 is 41.8 Å². The lowest BCUT2D eigenvalue weighted by molar-refractivity contribution is -0.144. The molecule has 2 saturated heterocycles. The minimum Gasteiger partial charge on any atom is -0.350 e. The van der Waals surface area contributed by atoms with Crippen LogP contribution in [0, 0.1) is 23.2 Å². The zero-order valence-electron chi connectivity index (χ0n) is 31.9. The lowest BCUT2D eigenvalue weighted by atomic mass is 9.82. The van der Waals surface area contributed by atoms with Crippen LogP contribution in [-0.2, 0) is 24.0 Å². The number of hydrogen-bond acceptors (Lipinski definition) is 6. The molecule has 1 saturated carbocycles. The van der Waals surface area contributed by atoms with Crippen LogP contribution < -0.4 is 21.3 Å². The van der Waals surface area contributed by atoms with Crippen LogP contribution in [-0.4, -0.2) is 95.6 Å². The third-order valence-corrected chi connectivity index (χ3v) is 11.0. The molecule has 1 aliphatic carbocycles. The number of ketones is 1. The van der Waals surface area contributed by atoms with Gasteiger partial charge in [0.15, 0.2) is 0 Å². The lowest BCUT2D eigenvalue weighted by Gasteiger charge is -2.39. The number of rotatable bonds is 16. The molecule has 6 amide bonds. The zero-order valence-corrected chi connectivity index (χ0v) is 31.9. The number of carbonyl (C=O) groups excluding carboxylic acids is 6. The molecule has 2 heterocycles. The fourth-order valence-electron chi connectivity index (χ4n) is 7.81. The maximum Gasteiger partial charge on any atom is 0.315 e. The van der Waals surface area contributed by atoms with Crippen molar-refractivity contribution in [3.63, 3.8) is 0 Å². The molecule has 50 heavy (non-hydrogen) atoms. The summed E-state index contributed by atoms with van der Waals surface area (Å²) in [6.07, 6.45) is 10.3. The maximum atomic E-state index is 14.6. The smallest absolute Gasteiger partial charge is 0.315 e. The fraction of sp³-hybridized carbons (Fsp3) is 0.842. The number of amides is 6. The number of nitrogens with zero attached hydrogens (tertiary/aromatic N) is 2. The molecule has 1 unspecified atom stereocenters. The average molecular weight is 703 g/mol. The van der Waals surface area contributed by atoms with Crippen molar-refractivity contribution in [2.45, 2.75) is 156 Å². The molecule has 0 spiro atoms. The fourth-order valence-corrected chi connectivity index (χ4v) is 7.81. The summed E-state index contributed by atoms with van der Waals surface area (Å²) in [6, 6.07) is -3.44. The molecule has 0 aromatic rings. The summed E-state index contributed by atoms with van der Waals surface area (Å²) < 4.78 is 0. The van der Waals surface area contributed by atoms with E-state index >= 15 is 0 Å². The number of Topliss-reactive ketones (excluding diaryl/α,β-unsaturated/α-hetero) is 1. The van der Waals surface area contributed by atoms with Crippen molar-refractivity contribution in [1.29, 1.82) is 0 Å². The topological polar surface area (TPSA) is 157 Å². The zero-order chi connectivity index (χ0) is 37.0. The van der Waals surface area contributed by atoms with Gasteiger partial charge in [0.2, 0.25) is 23.5 Å². The van der Waals surface area contributed by atoms with E-state index in [4.69, 9.17) is 0 Å². The Balaban J connectivity index is 1.86. The number of likely N-dealkylation sites (tertiary alicyclic amines) is 2. The first-order valence-electron chi connectivity index (χ1n) is 19.5. The molecular weight excluding hydrogens is 636 g/mol. The SMILES string of the molecule is CCCCCC(NC(=O)[C@@H]1[C@@H](C(C)C)CCN1C(=O)[C@@H](NC(=O)N[C@H](CN1CCCCC1=O)C(C)(C)C)C1CCCCC1)C(=O)C(=O)NCC. The van der Waals surface area contributed by atoms with E-state index in [0.717, 1.165) is 57.8 Å². The molecule has 284 valence electrons. The summed E-state index contributed by atoms with van der Waals surface area (Å²) in [6.45, 7) is 15.7. The highest BCUT2D eigenvalue weighted by molar-refractivity contribution is 6.38. The largest absolute Gasteiger partial charge is 0.350 e. The van der Waals surface area contributed by atoms with Gasteiger partial charge in [0.25, 0.3) is 5.91 Å². The minimum atomic E-state index is -0.981. The molecular formula is C38H66N6O6. The van der Waals surface area contributed by atoms with Crippen LogP contribution in [0.1, 0.15) is 132 Å². The van der Waals surface area contributed by atoms with Crippen molar-refractivity contribution >= 4 is 35.4 Å². The Hall–Kier alpha value is -3.18. The van der Waals surface area contributed by atoms with Crippen molar-refractivity contribution in [3.05, 3.63) is 0 Å². The number of nitrogens with one attached hydrogen (secondary N) is 4. The quantitative estimate of drug-likeness (QED) is 0.139. The van der Waals surface area contributed by atoms with Gasteiger partial charge in [-0.05, 0) is 68.6 Å². The van der Waals surface area contributed by atoms with Gasteiger partial charge in [-0.2, -0.15) is 0 Å². The molecule has 0 aromatic heterocycles. The van der Waals surface area contributed by atoms with Gasteiger partial charge in [0.1, 0.15) is 12.1 Å². The number of unbranched alkanes of at least 4 members (excludes halogenated alkanes) is 2. The predicted octanol–water partition coefficient (Wildman–Crippen LogP) is 4.31. The van der Waals surface area contributed by atoms with Gasteiger partial charge in [-0.1, -0.05) is 80.1 Å². The average Bonchev–Trinajstić information content (AvgIpc) is 3.53. The standard InChI is InChI=1S/C38H66N6O6/c1-8-10-12-19-28(33(46)35(48)39-9-2)40-34(47)32-27(25(3)4)21-23-44(32)36(49)31(26-17-13-11-14-18-26)42-37(50)41-29(38(5,6)7)24-43-22-16-15-20-30(43)45/h25-29,31-32H,8-24H2,1-7H3,(H,39,48)(H,40,47)(H2,41,42,50)/t27-,28?,29-,31+,32+/m1/s1. The Morgan fingerprint density at radius 2 is 1.56 bits per heavy atom. The maximum absolute atomic E-state index is 14.6. The molecule has 3 aliphatic rings. The Labute approximate surface area is 300 Å². The number of hydrogen-bond donors (Lipinski definition) is 4. The second-order valence-electron chi connectivity index (χ2n) is 16.2. The molecule has 0 aromatic carbocycles. The van der Waals surface area contributed by atoms with Crippen molar-refractivity contribution in [2.75, 3.05) is 26.2 Å². The van der Waals surface area contributed by atoms with Crippen molar-refractivity contribution in [1.82, 2.24) is 31.1 Å². The van der Waals surface area contributed by atoms with Crippen LogP contribution in [0.2, 0.25) is 0 Å².